The van der Waals surface area contributed by atoms with Crippen LogP contribution in [0.15, 0.2) is 91.0 Å². The number of hydrogen-bond donors (Lipinski definition) is 5. The summed E-state index contributed by atoms with van der Waals surface area (Å²) < 4.78 is 17.2. The summed E-state index contributed by atoms with van der Waals surface area (Å²) in [4.78, 5) is 41.4. The molecule has 4 aromatic rings. The molecule has 7 rings (SSSR count). The van der Waals surface area contributed by atoms with Gasteiger partial charge in [0.25, 0.3) is 5.91 Å². The highest BCUT2D eigenvalue weighted by Gasteiger charge is 2.42. The van der Waals surface area contributed by atoms with E-state index in [9.17, 15) is 24.6 Å². The number of anilines is 2. The number of likely N-dealkylation sites (tertiary alicyclic amines) is 1. The summed E-state index contributed by atoms with van der Waals surface area (Å²) in [5.41, 5.74) is 5.90. The van der Waals surface area contributed by atoms with Gasteiger partial charge in [-0.2, -0.15) is 0 Å². The number of para-hydroxylation sites is 1. The predicted molar refractivity (Wildman–Crippen MR) is 225 cm³/mol. The molecular formula is C46H55N5O8. The van der Waals surface area contributed by atoms with Gasteiger partial charge in [0, 0.05) is 57.4 Å². The SMILES string of the molecule is CN(CCNC[C@H](O)c1ccc(O)c2c1OCC(=O)N2)C(=O)CCOCCc1cccc(CCN2C[C@H]3CC(OC(=O)Nc4ccccc4-c4ccccc4)C[C@H]3C2)c1. The highest BCUT2D eigenvalue weighted by Crippen LogP contribution is 2.42. The molecular weight excluding hydrogens is 751 g/mol. The van der Waals surface area contributed by atoms with Crippen LogP contribution in [0.1, 0.15) is 42.1 Å². The van der Waals surface area contributed by atoms with Crippen molar-refractivity contribution in [2.75, 3.05) is 76.8 Å². The van der Waals surface area contributed by atoms with Crippen molar-refractivity contribution in [3.63, 3.8) is 0 Å². The molecule has 1 aliphatic carbocycles. The lowest BCUT2D eigenvalue weighted by atomic mass is 10.0. The molecule has 0 radical (unpaired) electrons. The van der Waals surface area contributed by atoms with E-state index in [-0.39, 0.29) is 60.8 Å². The summed E-state index contributed by atoms with van der Waals surface area (Å²) in [6.07, 6.45) is 2.44. The molecule has 1 saturated carbocycles. The summed E-state index contributed by atoms with van der Waals surface area (Å²) in [7, 11) is 1.74. The molecule has 312 valence electrons. The lowest BCUT2D eigenvalue weighted by Gasteiger charge is -2.24. The van der Waals surface area contributed by atoms with E-state index < -0.39 is 6.10 Å². The number of amides is 3. The molecule has 4 aromatic carbocycles. The predicted octanol–water partition coefficient (Wildman–Crippen LogP) is 5.62. The largest absolute Gasteiger partial charge is 0.506 e. The standard InChI is InChI=1S/C46H55N5O8/c1-50(21-19-47-27-41(53)38-14-15-40(52)44-45(38)58-30-42(54)49-44)43(55)18-23-57-22-17-32-9-7-8-31(24-32)16-20-51-28-34-25-36(26-35(34)29-51)59-46(56)48-39-13-6-5-12-37(39)33-10-3-2-4-11-33/h2-15,24,34-36,41,47,52-53H,16-23,25-30H2,1H3,(H,48,56)(H,49,54)/t34-,35+,36?,41-/m0/s1. The number of phenolic OH excluding ortho intramolecular Hbond substituents is 1. The van der Waals surface area contributed by atoms with Gasteiger partial charge in [-0.1, -0.05) is 72.8 Å². The van der Waals surface area contributed by atoms with Crippen molar-refractivity contribution in [3.05, 3.63) is 108 Å². The van der Waals surface area contributed by atoms with Crippen molar-refractivity contribution in [2.45, 2.75) is 44.3 Å². The number of aliphatic hydroxyl groups excluding tert-OH is 1. The van der Waals surface area contributed by atoms with Crippen molar-refractivity contribution in [1.29, 1.82) is 0 Å². The van der Waals surface area contributed by atoms with Crippen LogP contribution < -0.4 is 20.7 Å². The van der Waals surface area contributed by atoms with Crippen LogP contribution in [0.4, 0.5) is 16.2 Å². The van der Waals surface area contributed by atoms with Crippen LogP contribution in [-0.2, 0) is 31.9 Å². The van der Waals surface area contributed by atoms with E-state index in [1.54, 1.807) is 18.0 Å². The third kappa shape index (κ3) is 11.2. The molecule has 0 aromatic heterocycles. The van der Waals surface area contributed by atoms with Gasteiger partial charge < -0.3 is 44.9 Å². The first-order valence-corrected chi connectivity index (χ1v) is 20.6. The molecule has 59 heavy (non-hydrogen) atoms. The minimum Gasteiger partial charge on any atom is -0.506 e. The zero-order valence-electron chi connectivity index (χ0n) is 33.6. The van der Waals surface area contributed by atoms with Gasteiger partial charge in [-0.15, -0.1) is 0 Å². The van der Waals surface area contributed by atoms with E-state index >= 15 is 0 Å². The summed E-state index contributed by atoms with van der Waals surface area (Å²) >= 11 is 0. The third-order valence-electron chi connectivity index (χ3n) is 11.5. The highest BCUT2D eigenvalue weighted by molar-refractivity contribution is 5.97. The first-order chi connectivity index (χ1) is 28.7. The van der Waals surface area contributed by atoms with Crippen LogP contribution in [0.2, 0.25) is 0 Å². The molecule has 4 atom stereocenters. The second kappa shape index (κ2) is 20.0. The van der Waals surface area contributed by atoms with Gasteiger partial charge in [-0.05, 0) is 72.4 Å². The molecule has 0 bridgehead atoms. The fourth-order valence-corrected chi connectivity index (χ4v) is 8.40. The monoisotopic (exact) mass is 805 g/mol. The Bertz CT molecular complexity index is 2050. The normalized spacial score (nSPS) is 18.9. The van der Waals surface area contributed by atoms with Gasteiger partial charge in [0.05, 0.1) is 31.4 Å². The van der Waals surface area contributed by atoms with Crippen LogP contribution in [0, 0.1) is 11.8 Å². The Labute approximate surface area is 345 Å². The van der Waals surface area contributed by atoms with Crippen molar-refractivity contribution < 1.29 is 38.8 Å². The second-order valence-electron chi connectivity index (χ2n) is 15.7. The van der Waals surface area contributed by atoms with Gasteiger partial charge in [0.1, 0.15) is 17.5 Å². The molecule has 5 N–H and O–H groups in total. The number of aliphatic hydroxyl groups is 1. The van der Waals surface area contributed by atoms with E-state index in [0.717, 1.165) is 62.1 Å². The maximum Gasteiger partial charge on any atom is 0.411 e. The van der Waals surface area contributed by atoms with E-state index in [4.69, 9.17) is 14.2 Å². The number of likely N-dealkylation sites (N-methyl/N-ethyl adjacent to an activating group) is 1. The molecule has 2 aliphatic heterocycles. The maximum atomic E-state index is 12.9. The number of phenols is 1. The van der Waals surface area contributed by atoms with Crippen molar-refractivity contribution in [1.82, 2.24) is 15.1 Å². The first-order valence-electron chi connectivity index (χ1n) is 20.6. The van der Waals surface area contributed by atoms with E-state index in [1.165, 1.54) is 17.2 Å². The molecule has 3 aliphatic rings. The second-order valence-corrected chi connectivity index (χ2v) is 15.7. The number of rotatable bonds is 18. The molecule has 0 spiro atoms. The summed E-state index contributed by atoms with van der Waals surface area (Å²) in [6.45, 7) is 4.87. The van der Waals surface area contributed by atoms with Crippen molar-refractivity contribution in [3.8, 4) is 22.6 Å². The Hall–Kier alpha value is -5.47. The number of carbonyl (C=O) groups excluding carboxylic acids is 3. The highest BCUT2D eigenvalue weighted by atomic mass is 16.6. The van der Waals surface area contributed by atoms with Gasteiger partial charge in [0.15, 0.2) is 12.4 Å². The first kappa shape index (κ1) is 41.7. The van der Waals surface area contributed by atoms with Crippen molar-refractivity contribution >= 4 is 29.3 Å². The molecule has 3 amide bonds. The number of nitrogens with one attached hydrogen (secondary N) is 3. The minimum atomic E-state index is -0.937. The average molecular weight is 806 g/mol. The molecule has 13 heteroatoms. The summed E-state index contributed by atoms with van der Waals surface area (Å²) in [5.74, 6) is 0.823. The minimum absolute atomic E-state index is 0.0219. The summed E-state index contributed by atoms with van der Waals surface area (Å²) in [5, 5.41) is 29.5. The molecule has 1 unspecified atom stereocenters. The molecule has 13 nitrogen and oxygen atoms in total. The Morgan fingerprint density at radius 2 is 1.69 bits per heavy atom. The Kier molecular flexibility index (Phi) is 14.1. The Balaban J connectivity index is 0.742. The summed E-state index contributed by atoms with van der Waals surface area (Å²) in [6, 6.07) is 29.5. The van der Waals surface area contributed by atoms with Crippen LogP contribution in [-0.4, -0.2) is 110 Å². The van der Waals surface area contributed by atoms with Gasteiger partial charge >= 0.3 is 6.09 Å². The lowest BCUT2D eigenvalue weighted by Crippen LogP contribution is -2.35. The zero-order valence-corrected chi connectivity index (χ0v) is 33.6. The average Bonchev–Trinajstić information content (AvgIpc) is 3.80. The van der Waals surface area contributed by atoms with Gasteiger partial charge in [0.2, 0.25) is 5.91 Å². The van der Waals surface area contributed by atoms with Gasteiger partial charge in [-0.3, -0.25) is 14.9 Å². The van der Waals surface area contributed by atoms with Crippen molar-refractivity contribution in [2.24, 2.45) is 11.8 Å². The maximum absolute atomic E-state index is 12.9. The molecule has 1 saturated heterocycles. The molecule has 2 fully saturated rings. The topological polar surface area (TPSA) is 162 Å². The van der Waals surface area contributed by atoms with E-state index in [0.29, 0.717) is 43.7 Å². The fourth-order valence-electron chi connectivity index (χ4n) is 8.40. The number of nitrogens with zero attached hydrogens (tertiary/aromatic N) is 2. The quantitative estimate of drug-likeness (QED) is 0.0631. The Morgan fingerprint density at radius 3 is 2.49 bits per heavy atom. The Morgan fingerprint density at radius 1 is 0.949 bits per heavy atom. The van der Waals surface area contributed by atoms with Crippen LogP contribution in [0.25, 0.3) is 11.1 Å². The van der Waals surface area contributed by atoms with E-state index in [2.05, 4.69) is 45.1 Å². The number of fused-ring (bicyclic) bond motifs is 2. The number of carbonyl (C=O) groups is 3. The smallest absolute Gasteiger partial charge is 0.411 e. The van der Waals surface area contributed by atoms with Gasteiger partial charge in [-0.25, -0.2) is 4.79 Å². The number of benzene rings is 4. The number of ether oxygens (including phenoxy) is 3. The van der Waals surface area contributed by atoms with Crippen LogP contribution >= 0.6 is 0 Å². The molecule has 2 heterocycles. The third-order valence-corrected chi connectivity index (χ3v) is 11.5. The number of aromatic hydroxyl groups is 1. The zero-order chi connectivity index (χ0) is 41.1. The van der Waals surface area contributed by atoms with Crippen LogP contribution in [0.5, 0.6) is 11.5 Å². The van der Waals surface area contributed by atoms with E-state index in [1.807, 2.05) is 54.6 Å². The fraction of sp³-hybridized carbons (Fsp3) is 0.413. The lowest BCUT2D eigenvalue weighted by molar-refractivity contribution is -0.131. The van der Waals surface area contributed by atoms with Crippen LogP contribution in [0.3, 0.4) is 0 Å². The number of hydrogen-bond acceptors (Lipinski definition) is 10.